The Morgan fingerprint density at radius 1 is 1.28 bits per heavy atom. The lowest BCUT2D eigenvalue weighted by atomic mass is 10.0. The summed E-state index contributed by atoms with van der Waals surface area (Å²) >= 11 is 0. The smallest absolute Gasteiger partial charge is 0.224 e. The van der Waals surface area contributed by atoms with E-state index < -0.39 is 0 Å². The largest absolute Gasteiger partial charge is 0.378 e. The molecular formula is C13H29ClN2O2. The molecule has 1 atom stereocenters. The first-order valence-electron chi connectivity index (χ1n) is 6.45. The van der Waals surface area contributed by atoms with Crippen molar-refractivity contribution in [2.75, 3.05) is 20.2 Å². The van der Waals surface area contributed by atoms with E-state index in [4.69, 9.17) is 10.5 Å². The van der Waals surface area contributed by atoms with Crippen molar-refractivity contribution in [2.24, 2.45) is 11.7 Å². The highest BCUT2D eigenvalue weighted by Gasteiger charge is 2.12. The molecule has 110 valence electrons. The van der Waals surface area contributed by atoms with Crippen molar-refractivity contribution in [2.45, 2.75) is 52.7 Å². The number of hydrogen-bond donors (Lipinski definition) is 1. The standard InChI is InChI=1S/C13H28N2O2.ClH/c1-10(2)12(14)6-8-15(5)13(16)7-9-17-11(3)4;/h10-12H,6-9,14H2,1-5H3;1H. The predicted molar refractivity (Wildman–Crippen MR) is 78.0 cm³/mol. The third kappa shape index (κ3) is 9.68. The van der Waals surface area contributed by atoms with E-state index in [1.165, 1.54) is 0 Å². The van der Waals surface area contributed by atoms with E-state index in [0.29, 0.717) is 18.9 Å². The number of carbonyl (C=O) groups is 1. The van der Waals surface area contributed by atoms with Crippen LogP contribution in [0.2, 0.25) is 0 Å². The van der Waals surface area contributed by atoms with Crippen LogP contribution in [0.4, 0.5) is 0 Å². The average Bonchev–Trinajstić information content (AvgIpc) is 2.24. The first-order chi connectivity index (χ1) is 7.84. The fourth-order valence-electron chi connectivity index (χ4n) is 1.37. The van der Waals surface area contributed by atoms with Gasteiger partial charge < -0.3 is 15.4 Å². The van der Waals surface area contributed by atoms with Crippen LogP contribution in [0.5, 0.6) is 0 Å². The number of nitrogens with zero attached hydrogens (tertiary/aromatic N) is 1. The molecular weight excluding hydrogens is 252 g/mol. The Bertz CT molecular complexity index is 223. The molecule has 0 aromatic rings. The number of nitrogens with two attached hydrogens (primary N) is 1. The molecule has 0 heterocycles. The van der Waals surface area contributed by atoms with Gasteiger partial charge >= 0.3 is 0 Å². The number of hydrogen-bond acceptors (Lipinski definition) is 3. The highest BCUT2D eigenvalue weighted by molar-refractivity contribution is 5.85. The van der Waals surface area contributed by atoms with Crippen molar-refractivity contribution >= 4 is 18.3 Å². The topological polar surface area (TPSA) is 55.6 Å². The Kier molecular flexibility index (Phi) is 11.8. The number of ether oxygens (including phenoxy) is 1. The Balaban J connectivity index is 0. The molecule has 0 saturated heterocycles. The summed E-state index contributed by atoms with van der Waals surface area (Å²) in [4.78, 5) is 13.5. The highest BCUT2D eigenvalue weighted by atomic mass is 35.5. The molecule has 5 heteroatoms. The van der Waals surface area contributed by atoms with Crippen LogP contribution in [-0.2, 0) is 9.53 Å². The summed E-state index contributed by atoms with van der Waals surface area (Å²) in [6, 6.07) is 0.164. The molecule has 0 aromatic heterocycles. The van der Waals surface area contributed by atoms with E-state index in [0.717, 1.165) is 13.0 Å². The third-order valence-corrected chi connectivity index (χ3v) is 2.85. The lowest BCUT2D eigenvalue weighted by Crippen LogP contribution is -2.35. The van der Waals surface area contributed by atoms with E-state index in [-0.39, 0.29) is 30.5 Å². The zero-order valence-corrected chi connectivity index (χ0v) is 13.1. The van der Waals surface area contributed by atoms with Crippen LogP contribution in [0.3, 0.4) is 0 Å². The van der Waals surface area contributed by atoms with Gasteiger partial charge in [-0.05, 0) is 26.2 Å². The Hall–Kier alpha value is -0.320. The Morgan fingerprint density at radius 3 is 2.28 bits per heavy atom. The van der Waals surface area contributed by atoms with Crippen LogP contribution in [0, 0.1) is 5.92 Å². The van der Waals surface area contributed by atoms with Crippen molar-refractivity contribution in [3.8, 4) is 0 Å². The zero-order chi connectivity index (χ0) is 13.4. The summed E-state index contributed by atoms with van der Waals surface area (Å²) in [6.45, 7) is 9.36. The average molecular weight is 281 g/mol. The SMILES string of the molecule is CC(C)OCCC(=O)N(C)CCC(N)C(C)C.Cl. The van der Waals surface area contributed by atoms with Gasteiger partial charge in [0.15, 0.2) is 0 Å². The lowest BCUT2D eigenvalue weighted by molar-refractivity contribution is -0.131. The molecule has 0 radical (unpaired) electrons. The summed E-state index contributed by atoms with van der Waals surface area (Å²) in [6.07, 6.45) is 1.48. The van der Waals surface area contributed by atoms with E-state index in [1.54, 1.807) is 4.90 Å². The van der Waals surface area contributed by atoms with Gasteiger partial charge in [0.05, 0.1) is 19.1 Å². The molecule has 1 unspecified atom stereocenters. The molecule has 2 N–H and O–H groups in total. The highest BCUT2D eigenvalue weighted by Crippen LogP contribution is 2.04. The first-order valence-corrected chi connectivity index (χ1v) is 6.45. The van der Waals surface area contributed by atoms with Crippen LogP contribution in [0.15, 0.2) is 0 Å². The number of carbonyl (C=O) groups excluding carboxylic acids is 1. The van der Waals surface area contributed by atoms with Crippen molar-refractivity contribution in [1.82, 2.24) is 4.90 Å². The lowest BCUT2D eigenvalue weighted by Gasteiger charge is -2.21. The van der Waals surface area contributed by atoms with Crippen LogP contribution < -0.4 is 5.73 Å². The monoisotopic (exact) mass is 280 g/mol. The number of amides is 1. The maximum atomic E-state index is 11.7. The van der Waals surface area contributed by atoms with Crippen molar-refractivity contribution in [3.05, 3.63) is 0 Å². The normalized spacial score (nSPS) is 12.4. The van der Waals surface area contributed by atoms with E-state index >= 15 is 0 Å². The van der Waals surface area contributed by atoms with Crippen LogP contribution in [0.25, 0.3) is 0 Å². The molecule has 4 nitrogen and oxygen atoms in total. The molecule has 0 aliphatic carbocycles. The summed E-state index contributed by atoms with van der Waals surface area (Å²) in [5.41, 5.74) is 5.94. The third-order valence-electron chi connectivity index (χ3n) is 2.85. The van der Waals surface area contributed by atoms with E-state index in [2.05, 4.69) is 13.8 Å². The first kappa shape index (κ1) is 20.0. The number of rotatable bonds is 8. The molecule has 0 saturated carbocycles. The summed E-state index contributed by atoms with van der Waals surface area (Å²) in [5, 5.41) is 0. The summed E-state index contributed by atoms with van der Waals surface area (Å²) in [5.74, 6) is 0.587. The van der Waals surface area contributed by atoms with E-state index in [1.807, 2.05) is 20.9 Å². The molecule has 0 aromatic carbocycles. The van der Waals surface area contributed by atoms with Crippen LogP contribution >= 0.6 is 12.4 Å². The van der Waals surface area contributed by atoms with Crippen molar-refractivity contribution in [3.63, 3.8) is 0 Å². The van der Waals surface area contributed by atoms with Gasteiger partial charge in [-0.15, -0.1) is 12.4 Å². The summed E-state index contributed by atoms with van der Waals surface area (Å²) in [7, 11) is 1.82. The zero-order valence-electron chi connectivity index (χ0n) is 12.3. The minimum Gasteiger partial charge on any atom is -0.378 e. The molecule has 1 amide bonds. The molecule has 0 fully saturated rings. The quantitative estimate of drug-likeness (QED) is 0.740. The van der Waals surface area contributed by atoms with Crippen molar-refractivity contribution in [1.29, 1.82) is 0 Å². The second kappa shape index (κ2) is 10.6. The van der Waals surface area contributed by atoms with Gasteiger partial charge in [-0.1, -0.05) is 13.8 Å². The number of halogens is 1. The fourth-order valence-corrected chi connectivity index (χ4v) is 1.37. The molecule has 0 bridgehead atoms. The summed E-state index contributed by atoms with van der Waals surface area (Å²) < 4.78 is 5.35. The minimum absolute atomic E-state index is 0. The van der Waals surface area contributed by atoms with Crippen molar-refractivity contribution < 1.29 is 9.53 Å². The molecule has 18 heavy (non-hydrogen) atoms. The predicted octanol–water partition coefficient (Wildman–Crippen LogP) is 2.06. The maximum absolute atomic E-state index is 11.7. The molecule has 0 aliphatic rings. The minimum atomic E-state index is 0. The second-order valence-corrected chi connectivity index (χ2v) is 5.18. The van der Waals surface area contributed by atoms with Gasteiger partial charge in [0.25, 0.3) is 0 Å². The van der Waals surface area contributed by atoms with Gasteiger partial charge in [-0.3, -0.25) is 4.79 Å². The van der Waals surface area contributed by atoms with Gasteiger partial charge in [0.2, 0.25) is 5.91 Å². The van der Waals surface area contributed by atoms with Gasteiger partial charge in [-0.25, -0.2) is 0 Å². The van der Waals surface area contributed by atoms with Crippen LogP contribution in [-0.4, -0.2) is 43.2 Å². The Labute approximate surface area is 118 Å². The van der Waals surface area contributed by atoms with E-state index in [9.17, 15) is 4.79 Å². The second-order valence-electron chi connectivity index (χ2n) is 5.18. The molecule has 0 spiro atoms. The van der Waals surface area contributed by atoms with Gasteiger partial charge in [0.1, 0.15) is 0 Å². The maximum Gasteiger partial charge on any atom is 0.224 e. The Morgan fingerprint density at radius 2 is 1.83 bits per heavy atom. The fraction of sp³-hybridized carbons (Fsp3) is 0.923. The van der Waals surface area contributed by atoms with Gasteiger partial charge in [-0.2, -0.15) is 0 Å². The van der Waals surface area contributed by atoms with Crippen LogP contribution in [0.1, 0.15) is 40.5 Å². The molecule has 0 aliphatic heterocycles. The van der Waals surface area contributed by atoms with Gasteiger partial charge in [0, 0.05) is 19.6 Å². The molecule has 0 rings (SSSR count).